The van der Waals surface area contributed by atoms with Crippen molar-refractivity contribution in [3.05, 3.63) is 0 Å². The lowest BCUT2D eigenvalue weighted by Gasteiger charge is -2.06. The third-order valence-electron chi connectivity index (χ3n) is 2.89. The van der Waals surface area contributed by atoms with E-state index >= 15 is 0 Å². The summed E-state index contributed by atoms with van der Waals surface area (Å²) in [4.78, 5) is 9.99. The maximum Gasteiger partial charge on any atom is 0.201 e. The fraction of sp³-hybridized carbons (Fsp3) is 0.929. The second-order valence-electron chi connectivity index (χ2n) is 5.09. The van der Waals surface area contributed by atoms with Crippen LogP contribution >= 0.6 is 0 Å². The summed E-state index contributed by atoms with van der Waals surface area (Å²) in [7, 11) is 0. The first-order valence-electron chi connectivity index (χ1n) is 6.70. The van der Waals surface area contributed by atoms with E-state index in [1.54, 1.807) is 6.29 Å². The number of hydrogen-bond donors (Lipinski definition) is 1. The number of aliphatic hydroxyl groups is 1. The molecule has 0 aromatic rings. The molecule has 0 heterocycles. The van der Waals surface area contributed by atoms with E-state index in [0.29, 0.717) is 0 Å². The molecule has 1 radical (unpaired) electrons. The number of rotatable bonds is 11. The fourth-order valence-electron chi connectivity index (χ4n) is 1.84. The molecule has 0 aliphatic heterocycles. The molecule has 95 valence electrons. The van der Waals surface area contributed by atoms with Crippen LogP contribution < -0.4 is 0 Å². The van der Waals surface area contributed by atoms with Crippen LogP contribution in [0.2, 0.25) is 0 Å². The molecular formula is C14H27O2. The minimum Gasteiger partial charge on any atom is -0.393 e. The molecule has 0 bridgehead atoms. The van der Waals surface area contributed by atoms with Gasteiger partial charge in [0.1, 0.15) is 0 Å². The smallest absolute Gasteiger partial charge is 0.201 e. The summed E-state index contributed by atoms with van der Waals surface area (Å²) in [5, 5.41) is 9.29. The van der Waals surface area contributed by atoms with Gasteiger partial charge in [-0.05, 0) is 12.3 Å². The first-order valence-corrected chi connectivity index (χ1v) is 6.70. The maximum absolute atomic E-state index is 9.99. The van der Waals surface area contributed by atoms with Gasteiger partial charge in [-0.1, -0.05) is 58.8 Å². The summed E-state index contributed by atoms with van der Waals surface area (Å²) >= 11 is 0. The van der Waals surface area contributed by atoms with E-state index in [9.17, 15) is 9.90 Å². The van der Waals surface area contributed by atoms with Gasteiger partial charge in [-0.3, -0.25) is 4.79 Å². The summed E-state index contributed by atoms with van der Waals surface area (Å²) in [5.41, 5.74) is 0. The molecule has 1 atom stereocenters. The molecule has 2 heteroatoms. The summed E-state index contributed by atoms with van der Waals surface area (Å²) in [6.45, 7) is 4.54. The Morgan fingerprint density at radius 2 is 1.44 bits per heavy atom. The lowest BCUT2D eigenvalue weighted by molar-refractivity contribution is 0.167. The Kier molecular flexibility index (Phi) is 10.9. The Morgan fingerprint density at radius 1 is 0.938 bits per heavy atom. The molecule has 1 N–H and O–H groups in total. The van der Waals surface area contributed by atoms with Crippen LogP contribution in [-0.4, -0.2) is 17.5 Å². The van der Waals surface area contributed by atoms with Crippen LogP contribution in [0.15, 0.2) is 0 Å². The van der Waals surface area contributed by atoms with E-state index in [2.05, 4.69) is 13.8 Å². The van der Waals surface area contributed by atoms with Crippen LogP contribution in [0.3, 0.4) is 0 Å². The average molecular weight is 227 g/mol. The third kappa shape index (κ3) is 11.7. The van der Waals surface area contributed by atoms with E-state index in [4.69, 9.17) is 0 Å². The standard InChI is InChI=1S/C14H27O2/c1-13(2)9-7-5-3-4-6-8-10-14(16)11-12-15/h13-14,16H,3-11H2,1-2H3. The molecule has 0 saturated heterocycles. The third-order valence-corrected chi connectivity index (χ3v) is 2.89. The van der Waals surface area contributed by atoms with Crippen LogP contribution in [0.1, 0.15) is 71.6 Å². The highest BCUT2D eigenvalue weighted by Crippen LogP contribution is 2.12. The zero-order valence-electron chi connectivity index (χ0n) is 10.9. The first kappa shape index (κ1) is 15.6. The fourth-order valence-corrected chi connectivity index (χ4v) is 1.84. The molecule has 0 fully saturated rings. The van der Waals surface area contributed by atoms with E-state index in [1.807, 2.05) is 0 Å². The molecule has 16 heavy (non-hydrogen) atoms. The van der Waals surface area contributed by atoms with Crippen molar-refractivity contribution in [1.29, 1.82) is 0 Å². The Morgan fingerprint density at radius 3 is 1.94 bits per heavy atom. The second-order valence-corrected chi connectivity index (χ2v) is 5.09. The van der Waals surface area contributed by atoms with Gasteiger partial charge in [0.05, 0.1) is 6.10 Å². The van der Waals surface area contributed by atoms with E-state index < -0.39 is 6.10 Å². The summed E-state index contributed by atoms with van der Waals surface area (Å²) in [6, 6.07) is 0. The normalized spacial score (nSPS) is 13.0. The van der Waals surface area contributed by atoms with Crippen molar-refractivity contribution >= 4 is 6.29 Å². The molecule has 0 rings (SSSR count). The van der Waals surface area contributed by atoms with Crippen LogP contribution in [0.4, 0.5) is 0 Å². The van der Waals surface area contributed by atoms with Gasteiger partial charge in [0.25, 0.3) is 0 Å². The lowest BCUT2D eigenvalue weighted by atomic mass is 10.0. The SMILES string of the molecule is CC(C)CCCCCCCCC(O)C[C]=O. The zero-order valence-corrected chi connectivity index (χ0v) is 10.9. The Bertz CT molecular complexity index is 155. The van der Waals surface area contributed by atoms with Crippen molar-refractivity contribution in [2.45, 2.75) is 77.7 Å². The minimum absolute atomic E-state index is 0.175. The molecule has 0 aliphatic rings. The predicted molar refractivity (Wildman–Crippen MR) is 68.1 cm³/mol. The highest BCUT2D eigenvalue weighted by Gasteiger charge is 2.02. The molecule has 0 aliphatic carbocycles. The van der Waals surface area contributed by atoms with Gasteiger partial charge in [-0.15, -0.1) is 0 Å². The van der Waals surface area contributed by atoms with Gasteiger partial charge < -0.3 is 5.11 Å². The topological polar surface area (TPSA) is 37.3 Å². The molecule has 0 aromatic heterocycles. The minimum atomic E-state index is -0.460. The summed E-state index contributed by atoms with van der Waals surface area (Å²) < 4.78 is 0. The van der Waals surface area contributed by atoms with E-state index in [1.165, 1.54) is 38.5 Å². The zero-order chi connectivity index (χ0) is 12.2. The largest absolute Gasteiger partial charge is 0.393 e. The van der Waals surface area contributed by atoms with Gasteiger partial charge >= 0.3 is 0 Å². The van der Waals surface area contributed by atoms with Crippen LogP contribution in [0.5, 0.6) is 0 Å². The monoisotopic (exact) mass is 227 g/mol. The highest BCUT2D eigenvalue weighted by molar-refractivity contribution is 5.51. The van der Waals surface area contributed by atoms with E-state index in [0.717, 1.165) is 18.8 Å². The number of unbranched alkanes of at least 4 members (excludes halogenated alkanes) is 5. The van der Waals surface area contributed by atoms with Gasteiger partial charge in [-0.2, -0.15) is 0 Å². The van der Waals surface area contributed by atoms with Gasteiger partial charge in [0.15, 0.2) is 0 Å². The average Bonchev–Trinajstić information content (AvgIpc) is 2.22. The molecule has 0 saturated carbocycles. The molecule has 0 amide bonds. The number of hydrogen-bond acceptors (Lipinski definition) is 2. The second kappa shape index (κ2) is 11.1. The van der Waals surface area contributed by atoms with Crippen molar-refractivity contribution in [1.82, 2.24) is 0 Å². The number of carbonyl (C=O) groups excluding carboxylic acids is 1. The van der Waals surface area contributed by atoms with E-state index in [-0.39, 0.29) is 6.42 Å². The maximum atomic E-state index is 9.99. The highest BCUT2D eigenvalue weighted by atomic mass is 16.3. The van der Waals surface area contributed by atoms with Crippen molar-refractivity contribution in [2.24, 2.45) is 5.92 Å². The van der Waals surface area contributed by atoms with Crippen LogP contribution in [-0.2, 0) is 4.79 Å². The van der Waals surface area contributed by atoms with Crippen LogP contribution in [0, 0.1) is 5.92 Å². The van der Waals surface area contributed by atoms with Crippen molar-refractivity contribution in [3.8, 4) is 0 Å². The molecule has 0 spiro atoms. The van der Waals surface area contributed by atoms with Gasteiger partial charge in [0, 0.05) is 6.42 Å². The Labute approximate surface area is 100 Å². The number of aliphatic hydroxyl groups excluding tert-OH is 1. The lowest BCUT2D eigenvalue weighted by Crippen LogP contribution is -2.06. The molecular weight excluding hydrogens is 200 g/mol. The Balaban J connectivity index is 3.06. The predicted octanol–water partition coefficient (Wildman–Crippen LogP) is 3.62. The first-order chi connectivity index (χ1) is 7.66. The quantitative estimate of drug-likeness (QED) is 0.547. The van der Waals surface area contributed by atoms with Crippen molar-refractivity contribution in [2.75, 3.05) is 0 Å². The molecule has 1 unspecified atom stereocenters. The molecule has 0 aromatic carbocycles. The van der Waals surface area contributed by atoms with Gasteiger partial charge in [0.2, 0.25) is 6.29 Å². The Hall–Kier alpha value is -0.370. The molecule has 2 nitrogen and oxygen atoms in total. The van der Waals surface area contributed by atoms with Crippen molar-refractivity contribution in [3.63, 3.8) is 0 Å². The van der Waals surface area contributed by atoms with Crippen molar-refractivity contribution < 1.29 is 9.90 Å². The summed E-state index contributed by atoms with van der Waals surface area (Å²) in [5.74, 6) is 0.828. The van der Waals surface area contributed by atoms with Gasteiger partial charge in [-0.25, -0.2) is 0 Å². The summed E-state index contributed by atoms with van der Waals surface area (Å²) in [6.07, 6.45) is 11.0. The van der Waals surface area contributed by atoms with Crippen LogP contribution in [0.25, 0.3) is 0 Å².